The molecule has 0 aliphatic heterocycles. The van der Waals surface area contributed by atoms with E-state index in [0.29, 0.717) is 11.1 Å². The van der Waals surface area contributed by atoms with Gasteiger partial charge in [-0.3, -0.25) is 10.1 Å². The van der Waals surface area contributed by atoms with Crippen molar-refractivity contribution in [3.8, 4) is 0 Å². The lowest BCUT2D eigenvalue weighted by Gasteiger charge is -2.19. The average molecular weight is 324 g/mol. The van der Waals surface area contributed by atoms with Gasteiger partial charge in [0.25, 0.3) is 0 Å². The van der Waals surface area contributed by atoms with E-state index < -0.39 is 22.9 Å². The Balaban J connectivity index is 2.22. The first-order valence-electron chi connectivity index (χ1n) is 7.45. The Bertz CT molecular complexity index is 873. The molecule has 0 aliphatic carbocycles. The molecule has 1 aromatic heterocycles. The lowest BCUT2D eigenvalue weighted by Crippen LogP contribution is -2.37. The van der Waals surface area contributed by atoms with Gasteiger partial charge in [-0.1, -0.05) is 48.5 Å². The highest BCUT2D eigenvalue weighted by Crippen LogP contribution is 2.34. The summed E-state index contributed by atoms with van der Waals surface area (Å²) in [5.41, 5.74) is 2.25. The zero-order chi connectivity index (χ0) is 17.1. The van der Waals surface area contributed by atoms with Gasteiger partial charge in [0, 0.05) is 22.0 Å². The number of aromatic nitrogens is 1. The quantitative estimate of drug-likeness (QED) is 0.444. The fourth-order valence-electron chi connectivity index (χ4n) is 3.01. The third-order valence-corrected chi connectivity index (χ3v) is 4.10. The largest absolute Gasteiger partial charge is 0.464 e. The molecule has 0 aliphatic rings. The first-order valence-corrected chi connectivity index (χ1v) is 7.45. The maximum atomic E-state index is 12.1. The van der Waals surface area contributed by atoms with Crippen LogP contribution in [0.1, 0.15) is 17.0 Å². The van der Waals surface area contributed by atoms with E-state index >= 15 is 0 Å². The second kappa shape index (κ2) is 6.54. The summed E-state index contributed by atoms with van der Waals surface area (Å²) in [5, 5.41) is 12.5. The van der Waals surface area contributed by atoms with Gasteiger partial charge >= 0.3 is 12.0 Å². The summed E-state index contributed by atoms with van der Waals surface area (Å²) >= 11 is 0. The Morgan fingerprint density at radius 2 is 1.79 bits per heavy atom. The van der Waals surface area contributed by atoms with Crippen molar-refractivity contribution in [3.63, 3.8) is 0 Å². The number of para-hydroxylation sites is 1. The number of esters is 1. The summed E-state index contributed by atoms with van der Waals surface area (Å²) in [7, 11) is 1.16. The Morgan fingerprint density at radius 3 is 2.46 bits per heavy atom. The smallest absolute Gasteiger partial charge is 0.382 e. The molecule has 0 spiro atoms. The van der Waals surface area contributed by atoms with E-state index in [1.54, 1.807) is 30.5 Å². The molecule has 6 heteroatoms. The summed E-state index contributed by atoms with van der Waals surface area (Å²) in [6, 6.07) is 15.0. The topological polar surface area (TPSA) is 85.2 Å². The van der Waals surface area contributed by atoms with Crippen molar-refractivity contribution in [2.24, 2.45) is 0 Å². The van der Waals surface area contributed by atoms with Gasteiger partial charge in [-0.25, -0.2) is 4.79 Å². The van der Waals surface area contributed by atoms with Crippen molar-refractivity contribution in [2.75, 3.05) is 7.11 Å². The van der Waals surface area contributed by atoms with Gasteiger partial charge in [-0.05, 0) is 17.2 Å². The van der Waals surface area contributed by atoms with Crippen molar-refractivity contribution in [1.29, 1.82) is 0 Å². The van der Waals surface area contributed by atoms with Crippen LogP contribution in [0, 0.1) is 10.1 Å². The third kappa shape index (κ3) is 2.74. The number of fused-ring (bicyclic) bond motifs is 1. The maximum Gasteiger partial charge on any atom is 0.382 e. The lowest BCUT2D eigenvalue weighted by molar-refractivity contribution is -0.512. The molecule has 0 saturated carbocycles. The molecule has 3 aromatic rings. The molecule has 0 radical (unpaired) electrons. The molecular weight excluding hydrogens is 308 g/mol. The fourth-order valence-corrected chi connectivity index (χ4v) is 3.01. The van der Waals surface area contributed by atoms with Crippen molar-refractivity contribution in [2.45, 2.75) is 12.0 Å². The van der Waals surface area contributed by atoms with Crippen LogP contribution >= 0.6 is 0 Å². The molecule has 2 unspecified atom stereocenters. The third-order valence-electron chi connectivity index (χ3n) is 4.10. The number of aromatic amines is 1. The number of H-pyrrole nitrogens is 1. The number of hydrogen-bond acceptors (Lipinski definition) is 4. The molecule has 24 heavy (non-hydrogen) atoms. The normalized spacial score (nSPS) is 13.4. The predicted molar refractivity (Wildman–Crippen MR) is 89.4 cm³/mol. The molecule has 0 amide bonds. The molecule has 1 heterocycles. The zero-order valence-corrected chi connectivity index (χ0v) is 13.0. The summed E-state index contributed by atoms with van der Waals surface area (Å²) in [5.74, 6) is -1.61. The van der Waals surface area contributed by atoms with Crippen molar-refractivity contribution < 1.29 is 14.5 Å². The van der Waals surface area contributed by atoms with E-state index in [1.807, 2.05) is 30.3 Å². The van der Waals surface area contributed by atoms with Gasteiger partial charge in [0.1, 0.15) is 0 Å². The predicted octanol–water partition coefficient (Wildman–Crippen LogP) is 3.12. The van der Waals surface area contributed by atoms with Crippen LogP contribution < -0.4 is 0 Å². The van der Waals surface area contributed by atoms with E-state index in [1.165, 1.54) is 0 Å². The Morgan fingerprint density at radius 1 is 1.12 bits per heavy atom. The van der Waals surface area contributed by atoms with Crippen molar-refractivity contribution in [1.82, 2.24) is 4.98 Å². The van der Waals surface area contributed by atoms with E-state index in [0.717, 1.165) is 18.0 Å². The summed E-state index contributed by atoms with van der Waals surface area (Å²) < 4.78 is 4.70. The number of hydrogen-bond donors (Lipinski definition) is 1. The molecule has 1 N–H and O–H groups in total. The molecule has 0 bridgehead atoms. The highest BCUT2D eigenvalue weighted by Gasteiger charge is 2.42. The molecule has 3 rings (SSSR count). The van der Waals surface area contributed by atoms with Crippen LogP contribution in [0.15, 0.2) is 60.8 Å². The number of nitrogens with zero attached hydrogens (tertiary/aromatic N) is 1. The molecule has 2 atom stereocenters. The van der Waals surface area contributed by atoms with E-state index in [4.69, 9.17) is 4.74 Å². The number of nitrogens with one attached hydrogen (secondary N) is 1. The number of rotatable bonds is 5. The van der Waals surface area contributed by atoms with Gasteiger partial charge in [0.15, 0.2) is 0 Å². The minimum Gasteiger partial charge on any atom is -0.464 e. The molecule has 0 fully saturated rings. The SMILES string of the molecule is COC(=O)C(C(c1ccccc1)c1c[nH]c2ccccc12)[N+](=O)[O-]. The first-order chi connectivity index (χ1) is 11.6. The van der Waals surface area contributed by atoms with E-state index in [2.05, 4.69) is 4.98 Å². The highest BCUT2D eigenvalue weighted by atomic mass is 16.6. The van der Waals surface area contributed by atoms with Gasteiger partial charge in [-0.15, -0.1) is 0 Å². The molecular formula is C18H16N2O4. The average Bonchev–Trinajstić information content (AvgIpc) is 3.03. The second-order valence-corrected chi connectivity index (χ2v) is 5.43. The fraction of sp³-hybridized carbons (Fsp3) is 0.167. The summed E-state index contributed by atoms with van der Waals surface area (Å²) in [6.45, 7) is 0. The van der Waals surface area contributed by atoms with Gasteiger partial charge in [-0.2, -0.15) is 0 Å². The van der Waals surface area contributed by atoms with E-state index in [9.17, 15) is 14.9 Å². The number of carbonyl (C=O) groups excluding carboxylic acids is 1. The van der Waals surface area contributed by atoms with Crippen molar-refractivity contribution >= 4 is 16.9 Å². The maximum absolute atomic E-state index is 12.1. The number of carbonyl (C=O) groups is 1. The number of benzene rings is 2. The van der Waals surface area contributed by atoms with Crippen LogP contribution in [-0.2, 0) is 9.53 Å². The zero-order valence-electron chi connectivity index (χ0n) is 13.0. The van der Waals surface area contributed by atoms with Crippen LogP contribution in [0.5, 0.6) is 0 Å². The second-order valence-electron chi connectivity index (χ2n) is 5.43. The van der Waals surface area contributed by atoms with Crippen LogP contribution in [0.2, 0.25) is 0 Å². The van der Waals surface area contributed by atoms with Crippen LogP contribution in [0.4, 0.5) is 0 Å². The van der Waals surface area contributed by atoms with Crippen LogP contribution in [-0.4, -0.2) is 29.0 Å². The standard InChI is InChI=1S/C18H16N2O4/c1-24-18(21)17(20(22)23)16(12-7-3-2-4-8-12)14-11-19-15-10-6-5-9-13(14)15/h2-11,16-17,19H,1H3. The van der Waals surface area contributed by atoms with Gasteiger partial charge in [0.05, 0.1) is 13.0 Å². The minimum atomic E-state index is -1.52. The highest BCUT2D eigenvalue weighted by molar-refractivity contribution is 5.86. The van der Waals surface area contributed by atoms with E-state index in [-0.39, 0.29) is 0 Å². The molecule has 2 aromatic carbocycles. The Hall–Kier alpha value is -3.15. The van der Waals surface area contributed by atoms with Gasteiger partial charge in [0.2, 0.25) is 0 Å². The van der Waals surface area contributed by atoms with Crippen LogP contribution in [0.25, 0.3) is 10.9 Å². The Labute approximate surface area is 138 Å². The van der Waals surface area contributed by atoms with Crippen LogP contribution in [0.3, 0.4) is 0 Å². The summed E-state index contributed by atoms with van der Waals surface area (Å²) in [6.07, 6.45) is 1.72. The molecule has 6 nitrogen and oxygen atoms in total. The lowest BCUT2D eigenvalue weighted by atomic mass is 9.85. The first kappa shape index (κ1) is 15.7. The summed E-state index contributed by atoms with van der Waals surface area (Å²) in [4.78, 5) is 26.3. The minimum absolute atomic E-state index is 0.578. The Kier molecular flexibility index (Phi) is 4.29. The number of nitro groups is 1. The van der Waals surface area contributed by atoms with Gasteiger partial charge < -0.3 is 9.72 Å². The number of methoxy groups -OCH3 is 1. The number of ether oxygens (including phenoxy) is 1. The van der Waals surface area contributed by atoms with Crippen molar-refractivity contribution in [3.05, 3.63) is 82.0 Å². The molecule has 122 valence electrons. The molecule has 0 saturated heterocycles. The monoisotopic (exact) mass is 324 g/mol.